The van der Waals surface area contributed by atoms with Crippen molar-refractivity contribution in [2.75, 3.05) is 44.2 Å². The molecule has 0 N–H and O–H groups in total. The van der Waals surface area contributed by atoms with Crippen LogP contribution in [-0.2, 0) is 0 Å². The topological polar surface area (TPSA) is 41.5 Å². The number of piperazine rings is 1. The summed E-state index contributed by atoms with van der Waals surface area (Å²) in [5, 5.41) is 3.34. The van der Waals surface area contributed by atoms with E-state index in [9.17, 15) is 4.39 Å². The summed E-state index contributed by atoms with van der Waals surface area (Å²) in [7, 11) is 0. The minimum Gasteiger partial charge on any atom is -0.476 e. The van der Waals surface area contributed by atoms with Gasteiger partial charge in [0.05, 0.1) is 5.52 Å². The van der Waals surface area contributed by atoms with Crippen molar-refractivity contribution in [1.82, 2.24) is 14.9 Å². The molecule has 5 nitrogen and oxygen atoms in total. The van der Waals surface area contributed by atoms with Crippen molar-refractivity contribution in [1.29, 1.82) is 0 Å². The van der Waals surface area contributed by atoms with Crippen molar-refractivity contribution in [2.45, 2.75) is 0 Å². The zero-order valence-corrected chi connectivity index (χ0v) is 16.7. The lowest BCUT2D eigenvalue weighted by Crippen LogP contribution is -2.47. The van der Waals surface area contributed by atoms with Crippen LogP contribution in [0.5, 0.6) is 5.88 Å². The molecule has 2 aromatic heterocycles. The molecule has 0 unspecified atom stereocenters. The molecule has 0 saturated carbocycles. The fourth-order valence-electron chi connectivity index (χ4n) is 4.03. The summed E-state index contributed by atoms with van der Waals surface area (Å²) in [6, 6.07) is 21.4. The van der Waals surface area contributed by atoms with Crippen molar-refractivity contribution in [3.05, 3.63) is 72.7 Å². The van der Waals surface area contributed by atoms with Gasteiger partial charge in [0.1, 0.15) is 12.4 Å². The largest absolute Gasteiger partial charge is 0.476 e. The number of halogens is 1. The van der Waals surface area contributed by atoms with E-state index in [1.54, 1.807) is 6.07 Å². The van der Waals surface area contributed by atoms with E-state index in [2.05, 4.69) is 33.0 Å². The molecule has 6 heteroatoms. The van der Waals surface area contributed by atoms with Crippen LogP contribution in [0.2, 0.25) is 0 Å². The van der Waals surface area contributed by atoms with Crippen LogP contribution in [0.4, 0.5) is 10.2 Å². The fraction of sp³-hybridized carbons (Fsp3) is 0.250. The number of nitrogens with zero attached hydrogens (tertiary/aromatic N) is 4. The van der Waals surface area contributed by atoms with Crippen molar-refractivity contribution >= 4 is 27.5 Å². The first-order valence-corrected chi connectivity index (χ1v) is 10.3. The molecule has 0 bridgehead atoms. The first-order valence-electron chi connectivity index (χ1n) is 10.3. The van der Waals surface area contributed by atoms with Gasteiger partial charge in [-0.05, 0) is 29.7 Å². The highest BCUT2D eigenvalue weighted by Gasteiger charge is 2.18. The minimum atomic E-state index is -0.432. The molecular formula is C24H23FN4O. The fourth-order valence-corrected chi connectivity index (χ4v) is 4.03. The third-order valence-corrected chi connectivity index (χ3v) is 5.62. The van der Waals surface area contributed by atoms with Crippen LogP contribution in [0.15, 0.2) is 66.7 Å². The maximum atomic E-state index is 13.4. The lowest BCUT2D eigenvalue weighted by molar-refractivity contribution is 0.198. The van der Waals surface area contributed by atoms with Crippen LogP contribution in [-0.4, -0.2) is 54.2 Å². The lowest BCUT2D eigenvalue weighted by Gasteiger charge is -2.35. The molecule has 2 aromatic carbocycles. The van der Waals surface area contributed by atoms with Gasteiger partial charge in [-0.25, -0.2) is 9.97 Å². The number of ether oxygens (including phenoxy) is 1. The van der Waals surface area contributed by atoms with Gasteiger partial charge < -0.3 is 9.64 Å². The Morgan fingerprint density at radius 2 is 1.50 bits per heavy atom. The van der Waals surface area contributed by atoms with Gasteiger partial charge in [-0.1, -0.05) is 42.5 Å². The molecular weight excluding hydrogens is 379 g/mol. The standard InChI is InChI=1S/C24H23FN4O/c25-22-10-5-11-23(27-22)29-14-12-28(13-15-29)16-17-30-24-20-8-2-1-6-18(20)19-7-3-4-9-21(19)26-24/h1-11H,12-17H2. The third-order valence-electron chi connectivity index (χ3n) is 5.62. The predicted octanol–water partition coefficient (Wildman–Crippen LogP) is 4.12. The van der Waals surface area contributed by atoms with Crippen LogP contribution in [0.25, 0.3) is 21.7 Å². The van der Waals surface area contributed by atoms with Crippen molar-refractivity contribution in [2.24, 2.45) is 0 Å². The molecule has 1 aliphatic rings. The number of pyridine rings is 2. The van der Waals surface area contributed by atoms with Crippen molar-refractivity contribution in [3.63, 3.8) is 0 Å². The van der Waals surface area contributed by atoms with Gasteiger partial charge in [-0.15, -0.1) is 0 Å². The normalized spacial score (nSPS) is 15.0. The van der Waals surface area contributed by atoms with Gasteiger partial charge in [-0.2, -0.15) is 4.39 Å². The first-order chi connectivity index (χ1) is 14.8. The smallest absolute Gasteiger partial charge is 0.221 e. The van der Waals surface area contributed by atoms with Gasteiger partial charge in [0, 0.05) is 43.5 Å². The Kier molecular flexibility index (Phi) is 5.15. The third kappa shape index (κ3) is 3.78. The van der Waals surface area contributed by atoms with Crippen LogP contribution < -0.4 is 9.64 Å². The highest BCUT2D eigenvalue weighted by atomic mass is 19.1. The number of para-hydroxylation sites is 1. The van der Waals surface area contributed by atoms with Crippen molar-refractivity contribution < 1.29 is 9.13 Å². The highest BCUT2D eigenvalue weighted by Crippen LogP contribution is 2.30. The molecule has 0 spiro atoms. The summed E-state index contributed by atoms with van der Waals surface area (Å²) in [5.74, 6) is 0.961. The van der Waals surface area contributed by atoms with Crippen LogP contribution in [0.3, 0.4) is 0 Å². The molecule has 152 valence electrons. The minimum absolute atomic E-state index is 0.432. The van der Waals surface area contributed by atoms with Gasteiger partial charge in [0.2, 0.25) is 11.8 Å². The van der Waals surface area contributed by atoms with E-state index in [1.165, 1.54) is 6.07 Å². The van der Waals surface area contributed by atoms with E-state index in [-0.39, 0.29) is 0 Å². The van der Waals surface area contributed by atoms with Crippen LogP contribution in [0, 0.1) is 5.95 Å². The van der Waals surface area contributed by atoms with E-state index in [0.29, 0.717) is 18.3 Å². The monoisotopic (exact) mass is 402 g/mol. The molecule has 1 fully saturated rings. The molecule has 4 aromatic rings. The number of rotatable bonds is 5. The second-order valence-electron chi connectivity index (χ2n) is 7.48. The summed E-state index contributed by atoms with van der Waals surface area (Å²) >= 11 is 0. The molecule has 5 rings (SSSR count). The Labute approximate surface area is 174 Å². The quantitative estimate of drug-likeness (QED) is 0.371. The Bertz CT molecular complexity index is 1170. The molecule has 1 aliphatic heterocycles. The van der Waals surface area contributed by atoms with Gasteiger partial charge in [0.15, 0.2) is 0 Å². The highest BCUT2D eigenvalue weighted by molar-refractivity contribution is 6.07. The Balaban J connectivity index is 1.23. The van der Waals surface area contributed by atoms with E-state index < -0.39 is 5.95 Å². The second-order valence-corrected chi connectivity index (χ2v) is 7.48. The molecule has 0 atom stereocenters. The number of fused-ring (bicyclic) bond motifs is 3. The van der Waals surface area contributed by atoms with E-state index in [4.69, 9.17) is 9.72 Å². The van der Waals surface area contributed by atoms with Gasteiger partial charge in [0.25, 0.3) is 0 Å². The maximum absolute atomic E-state index is 13.4. The Hall–Kier alpha value is -3.25. The molecule has 3 heterocycles. The maximum Gasteiger partial charge on any atom is 0.221 e. The number of anilines is 1. The van der Waals surface area contributed by atoms with Crippen LogP contribution in [0.1, 0.15) is 0 Å². The lowest BCUT2D eigenvalue weighted by atomic mass is 10.1. The van der Waals surface area contributed by atoms with E-state index >= 15 is 0 Å². The summed E-state index contributed by atoms with van der Waals surface area (Å²) in [4.78, 5) is 13.2. The molecule has 30 heavy (non-hydrogen) atoms. The molecule has 0 aliphatic carbocycles. The molecule has 0 amide bonds. The number of hydrogen-bond acceptors (Lipinski definition) is 5. The molecule has 0 radical (unpaired) electrons. The zero-order valence-electron chi connectivity index (χ0n) is 16.7. The summed E-state index contributed by atoms with van der Waals surface area (Å²) < 4.78 is 19.5. The molecule has 1 saturated heterocycles. The zero-order chi connectivity index (χ0) is 20.3. The summed E-state index contributed by atoms with van der Waals surface area (Å²) in [5.41, 5.74) is 0.947. The Morgan fingerprint density at radius 1 is 0.767 bits per heavy atom. The van der Waals surface area contributed by atoms with Gasteiger partial charge >= 0.3 is 0 Å². The number of aromatic nitrogens is 2. The van der Waals surface area contributed by atoms with Crippen molar-refractivity contribution in [3.8, 4) is 5.88 Å². The Morgan fingerprint density at radius 3 is 2.30 bits per heavy atom. The predicted molar refractivity (Wildman–Crippen MR) is 118 cm³/mol. The van der Waals surface area contributed by atoms with Gasteiger partial charge in [-0.3, -0.25) is 4.90 Å². The average Bonchev–Trinajstić information content (AvgIpc) is 2.80. The summed E-state index contributed by atoms with van der Waals surface area (Å²) in [6.45, 7) is 4.85. The number of hydrogen-bond donors (Lipinski definition) is 0. The SMILES string of the molecule is Fc1cccc(N2CCN(CCOc3nc4ccccc4c4ccccc34)CC2)n1. The van der Waals surface area contributed by atoms with E-state index in [0.717, 1.165) is 54.4 Å². The van der Waals surface area contributed by atoms with Crippen LogP contribution >= 0.6 is 0 Å². The van der Waals surface area contributed by atoms with E-state index in [1.807, 2.05) is 36.4 Å². The number of benzene rings is 2. The average molecular weight is 402 g/mol. The summed E-state index contributed by atoms with van der Waals surface area (Å²) in [6.07, 6.45) is 0. The second kappa shape index (κ2) is 8.24. The first kappa shape index (κ1) is 18.8.